The van der Waals surface area contributed by atoms with Gasteiger partial charge in [0.25, 0.3) is 5.91 Å². The molecule has 0 atom stereocenters. The summed E-state index contributed by atoms with van der Waals surface area (Å²) in [6.45, 7) is 6.70. The lowest BCUT2D eigenvalue weighted by Gasteiger charge is -2.42. The maximum Gasteiger partial charge on any atom is 0.264 e. The number of carbonyl (C=O) groups is 1. The molecule has 2 saturated heterocycles. The van der Waals surface area contributed by atoms with Crippen molar-refractivity contribution in [1.82, 2.24) is 14.9 Å². The molecule has 2 fully saturated rings. The number of hydrogen-bond donors (Lipinski definition) is 0. The van der Waals surface area contributed by atoms with Gasteiger partial charge in [-0.25, -0.2) is 9.97 Å². The van der Waals surface area contributed by atoms with E-state index in [4.69, 9.17) is 4.74 Å². The van der Waals surface area contributed by atoms with E-state index in [0.29, 0.717) is 6.61 Å². The van der Waals surface area contributed by atoms with Gasteiger partial charge in [-0.15, -0.1) is 11.3 Å². The molecule has 2 aromatic rings. The van der Waals surface area contributed by atoms with Gasteiger partial charge in [-0.1, -0.05) is 0 Å². The minimum atomic E-state index is 0.0664. The number of nitrogens with zero attached hydrogens (tertiary/aromatic N) is 4. The minimum absolute atomic E-state index is 0.0664. The summed E-state index contributed by atoms with van der Waals surface area (Å²) in [6.07, 6.45) is 5.47. The molecule has 0 aliphatic carbocycles. The lowest BCUT2D eigenvalue weighted by molar-refractivity contribution is 0.0209. The molecule has 1 amide bonds. The number of thiophene rings is 1. The van der Waals surface area contributed by atoms with Crippen LogP contribution in [0.25, 0.3) is 0 Å². The second-order valence-corrected chi connectivity index (χ2v) is 8.16. The van der Waals surface area contributed by atoms with Crippen molar-refractivity contribution in [3.8, 4) is 0 Å². The van der Waals surface area contributed by atoms with Crippen LogP contribution in [0, 0.1) is 12.3 Å². The maximum absolute atomic E-state index is 12.8. The van der Waals surface area contributed by atoms with Crippen LogP contribution in [0.5, 0.6) is 0 Å². The number of likely N-dealkylation sites (tertiary alicyclic amines) is 1. The third-order valence-corrected chi connectivity index (χ3v) is 6.45. The first-order valence-electron chi connectivity index (χ1n) is 9.10. The molecular weight excluding hydrogens is 348 g/mol. The molecule has 1 spiro atoms. The van der Waals surface area contributed by atoms with Crippen LogP contribution >= 0.6 is 11.3 Å². The fourth-order valence-electron chi connectivity index (χ4n) is 3.84. The third-order valence-electron chi connectivity index (χ3n) is 5.44. The molecule has 0 radical (unpaired) electrons. The summed E-state index contributed by atoms with van der Waals surface area (Å²) in [4.78, 5) is 26.7. The van der Waals surface area contributed by atoms with E-state index in [9.17, 15) is 4.79 Å². The molecule has 2 aliphatic heterocycles. The molecule has 0 N–H and O–H groups in total. The van der Waals surface area contributed by atoms with Gasteiger partial charge in [0.2, 0.25) is 5.95 Å². The van der Waals surface area contributed by atoms with Crippen molar-refractivity contribution < 1.29 is 9.53 Å². The van der Waals surface area contributed by atoms with Crippen molar-refractivity contribution in [3.63, 3.8) is 0 Å². The van der Waals surface area contributed by atoms with Crippen LogP contribution in [0.3, 0.4) is 0 Å². The Morgan fingerprint density at radius 3 is 2.69 bits per heavy atom. The smallest absolute Gasteiger partial charge is 0.264 e. The highest BCUT2D eigenvalue weighted by atomic mass is 32.1. The van der Waals surface area contributed by atoms with E-state index in [1.165, 1.54) is 11.3 Å². The normalized spacial score (nSPS) is 20.2. The number of amides is 1. The average molecular weight is 372 g/mol. The highest BCUT2D eigenvalue weighted by Gasteiger charge is 2.40. The first-order valence-corrected chi connectivity index (χ1v) is 9.98. The number of anilines is 1. The van der Waals surface area contributed by atoms with Crippen LogP contribution in [-0.4, -0.2) is 60.2 Å². The number of ether oxygens (including phenoxy) is 1. The molecule has 0 bridgehead atoms. The first kappa shape index (κ1) is 17.4. The van der Waals surface area contributed by atoms with Crippen molar-refractivity contribution in [2.24, 2.45) is 5.41 Å². The molecule has 7 heteroatoms. The van der Waals surface area contributed by atoms with E-state index in [1.54, 1.807) is 12.4 Å². The molecular formula is C19H24N4O2S. The minimum Gasteiger partial charge on any atom is -0.379 e. The first-order chi connectivity index (χ1) is 12.7. The molecule has 26 heavy (non-hydrogen) atoms. The fourth-order valence-corrected chi connectivity index (χ4v) is 4.73. The zero-order valence-electron chi connectivity index (χ0n) is 15.1. The topological polar surface area (TPSA) is 58.6 Å². The van der Waals surface area contributed by atoms with Crippen molar-refractivity contribution in [2.75, 3.05) is 44.3 Å². The van der Waals surface area contributed by atoms with Gasteiger partial charge in [-0.3, -0.25) is 4.79 Å². The summed E-state index contributed by atoms with van der Waals surface area (Å²) in [5, 5.41) is 1.99. The van der Waals surface area contributed by atoms with Crippen molar-refractivity contribution in [2.45, 2.75) is 19.8 Å². The molecule has 2 aliphatic rings. The number of aryl methyl sites for hydroxylation is 1. The van der Waals surface area contributed by atoms with Gasteiger partial charge < -0.3 is 14.5 Å². The van der Waals surface area contributed by atoms with Crippen molar-refractivity contribution in [1.29, 1.82) is 0 Å². The Labute approximate surface area is 157 Å². The summed E-state index contributed by atoms with van der Waals surface area (Å²) in [5.41, 5.74) is 1.14. The molecule has 0 aromatic carbocycles. The van der Waals surface area contributed by atoms with Gasteiger partial charge in [0, 0.05) is 44.0 Å². The third kappa shape index (κ3) is 3.46. The molecule has 4 rings (SSSR count). The van der Waals surface area contributed by atoms with E-state index in [-0.39, 0.29) is 11.3 Å². The van der Waals surface area contributed by atoms with E-state index >= 15 is 0 Å². The highest BCUT2D eigenvalue weighted by Crippen LogP contribution is 2.36. The highest BCUT2D eigenvalue weighted by molar-refractivity contribution is 7.12. The monoisotopic (exact) mass is 372 g/mol. The standard InChI is InChI=1S/C19H24N4O2S/c1-15-3-12-26-16(15)17(24)22-8-4-19(5-9-22)13-23(10-11-25-14-19)18-20-6-2-7-21-18/h2-3,6-7,12H,4-5,8-11,13-14H2,1H3. The lowest BCUT2D eigenvalue weighted by atomic mass is 9.78. The summed E-state index contributed by atoms with van der Waals surface area (Å²) in [5.74, 6) is 0.940. The quantitative estimate of drug-likeness (QED) is 0.811. The molecule has 0 saturated carbocycles. The van der Waals surface area contributed by atoms with Crippen LogP contribution in [0.1, 0.15) is 28.1 Å². The Morgan fingerprint density at radius 1 is 1.23 bits per heavy atom. The summed E-state index contributed by atoms with van der Waals surface area (Å²) in [6, 6.07) is 3.85. The van der Waals surface area contributed by atoms with E-state index in [0.717, 1.165) is 62.0 Å². The van der Waals surface area contributed by atoms with Gasteiger partial charge in [0.1, 0.15) is 0 Å². The predicted molar refractivity (Wildman–Crippen MR) is 102 cm³/mol. The Balaban J connectivity index is 1.45. The second-order valence-electron chi connectivity index (χ2n) is 7.25. The Hall–Kier alpha value is -1.99. The van der Waals surface area contributed by atoms with Gasteiger partial charge in [0.15, 0.2) is 0 Å². The molecule has 6 nitrogen and oxygen atoms in total. The molecule has 138 valence electrons. The van der Waals surface area contributed by atoms with E-state index < -0.39 is 0 Å². The molecule has 0 unspecified atom stereocenters. The van der Waals surface area contributed by atoms with Crippen LogP contribution in [0.4, 0.5) is 5.95 Å². The van der Waals surface area contributed by atoms with Crippen LogP contribution in [0.15, 0.2) is 29.9 Å². The maximum atomic E-state index is 12.8. The molecule has 4 heterocycles. The largest absolute Gasteiger partial charge is 0.379 e. The van der Waals surface area contributed by atoms with Gasteiger partial charge in [0.05, 0.1) is 18.1 Å². The second kappa shape index (κ2) is 7.32. The van der Waals surface area contributed by atoms with Gasteiger partial charge in [-0.2, -0.15) is 0 Å². The van der Waals surface area contributed by atoms with Crippen LogP contribution in [0.2, 0.25) is 0 Å². The fraction of sp³-hybridized carbons (Fsp3) is 0.526. The Bertz CT molecular complexity index is 756. The summed E-state index contributed by atoms with van der Waals surface area (Å²) in [7, 11) is 0. The van der Waals surface area contributed by atoms with Gasteiger partial charge >= 0.3 is 0 Å². The number of piperidine rings is 1. The predicted octanol–water partition coefficient (Wildman–Crippen LogP) is 2.61. The van der Waals surface area contributed by atoms with Crippen molar-refractivity contribution in [3.05, 3.63) is 40.3 Å². The zero-order chi connectivity index (χ0) is 18.0. The summed E-state index contributed by atoms with van der Waals surface area (Å²) < 4.78 is 5.93. The van der Waals surface area contributed by atoms with Crippen molar-refractivity contribution >= 4 is 23.2 Å². The van der Waals surface area contributed by atoms with Crippen LogP contribution in [-0.2, 0) is 4.74 Å². The zero-order valence-corrected chi connectivity index (χ0v) is 15.9. The lowest BCUT2D eigenvalue weighted by Crippen LogP contribution is -2.49. The number of rotatable bonds is 2. The van der Waals surface area contributed by atoms with E-state index in [1.807, 2.05) is 29.3 Å². The Morgan fingerprint density at radius 2 is 2.00 bits per heavy atom. The number of hydrogen-bond acceptors (Lipinski definition) is 6. The Kier molecular flexibility index (Phi) is 4.91. The van der Waals surface area contributed by atoms with Crippen LogP contribution < -0.4 is 4.90 Å². The summed E-state index contributed by atoms with van der Waals surface area (Å²) >= 11 is 1.54. The van der Waals surface area contributed by atoms with E-state index in [2.05, 4.69) is 14.9 Å². The number of carbonyl (C=O) groups excluding carboxylic acids is 1. The van der Waals surface area contributed by atoms with Gasteiger partial charge in [-0.05, 0) is 42.8 Å². The average Bonchev–Trinajstić information content (AvgIpc) is 3.00. The number of aromatic nitrogens is 2. The molecule has 2 aromatic heterocycles. The SMILES string of the molecule is Cc1ccsc1C(=O)N1CCC2(CC1)COCCN(c1ncccn1)C2.